The molecule has 1 N–H and O–H groups in total. The molecule has 2 aromatic carbocycles. The molecule has 0 aliphatic rings. The van der Waals surface area contributed by atoms with Crippen LogP contribution in [0.5, 0.6) is 0 Å². The van der Waals surface area contributed by atoms with Gasteiger partial charge in [-0.1, -0.05) is 53.0 Å². The molecule has 10 heteroatoms. The Bertz CT molecular complexity index is 1120. The summed E-state index contributed by atoms with van der Waals surface area (Å²) in [5, 5.41) is 1.17. The third-order valence-electron chi connectivity index (χ3n) is 3.92. The minimum atomic E-state index is -3.99. The molecule has 0 aliphatic heterocycles. The van der Waals surface area contributed by atoms with Gasteiger partial charge >= 0.3 is 0 Å². The number of amides is 1. The van der Waals surface area contributed by atoms with Crippen LogP contribution in [-0.4, -0.2) is 23.9 Å². The lowest BCUT2D eigenvalue weighted by molar-refractivity contribution is 0.0977. The highest BCUT2D eigenvalue weighted by molar-refractivity contribution is 7.90. The molecule has 146 valence electrons. The normalized spacial score (nSPS) is 11.4. The van der Waals surface area contributed by atoms with E-state index in [-0.39, 0.29) is 17.1 Å². The molecule has 1 aromatic heterocycles. The number of benzene rings is 2. The minimum absolute atomic E-state index is 0.0146. The second-order valence-electron chi connectivity index (χ2n) is 5.90. The molecule has 0 aliphatic carbocycles. The van der Waals surface area contributed by atoms with Crippen molar-refractivity contribution in [2.45, 2.75) is 18.4 Å². The van der Waals surface area contributed by atoms with Gasteiger partial charge in [-0.05, 0) is 31.2 Å². The summed E-state index contributed by atoms with van der Waals surface area (Å²) < 4.78 is 28.3. The average molecular weight is 459 g/mol. The van der Waals surface area contributed by atoms with Crippen molar-refractivity contribution >= 4 is 50.7 Å². The van der Waals surface area contributed by atoms with Crippen LogP contribution in [0.25, 0.3) is 0 Å². The summed E-state index contributed by atoms with van der Waals surface area (Å²) in [4.78, 5) is 16.5. The van der Waals surface area contributed by atoms with Gasteiger partial charge in [0.25, 0.3) is 15.9 Å². The Balaban J connectivity index is 1.83. The first kappa shape index (κ1) is 20.7. The zero-order chi connectivity index (χ0) is 20.5. The third kappa shape index (κ3) is 4.50. The van der Waals surface area contributed by atoms with Crippen LogP contribution in [0.15, 0.2) is 53.6 Å². The fraction of sp³-hybridized carbons (Fsp3) is 0.111. The summed E-state index contributed by atoms with van der Waals surface area (Å²) in [6, 6.07) is 10.7. The molecule has 1 amide bonds. The molecule has 1 heterocycles. The van der Waals surface area contributed by atoms with Gasteiger partial charge in [0.15, 0.2) is 0 Å². The summed E-state index contributed by atoms with van der Waals surface area (Å²) in [5.74, 6) is -0.344. The molecule has 0 fully saturated rings. The van der Waals surface area contributed by atoms with Crippen LogP contribution in [0.4, 0.5) is 0 Å². The summed E-state index contributed by atoms with van der Waals surface area (Å²) in [5.41, 5.74) is 0.565. The number of hydrogen-bond acceptors (Lipinski definition) is 4. The lowest BCUT2D eigenvalue weighted by Crippen LogP contribution is -2.30. The highest BCUT2D eigenvalue weighted by atomic mass is 35.5. The smallest absolute Gasteiger partial charge is 0.285 e. The van der Waals surface area contributed by atoms with Crippen LogP contribution < -0.4 is 4.72 Å². The fourth-order valence-corrected chi connectivity index (χ4v) is 4.42. The number of aromatic nitrogens is 2. The van der Waals surface area contributed by atoms with E-state index < -0.39 is 15.9 Å². The van der Waals surface area contributed by atoms with Crippen molar-refractivity contribution in [1.29, 1.82) is 0 Å². The van der Waals surface area contributed by atoms with E-state index >= 15 is 0 Å². The van der Waals surface area contributed by atoms with Crippen molar-refractivity contribution in [3.63, 3.8) is 0 Å². The number of aryl methyl sites for hydroxylation is 1. The Morgan fingerprint density at radius 3 is 2.32 bits per heavy atom. The van der Waals surface area contributed by atoms with Gasteiger partial charge in [0.05, 0.1) is 11.4 Å². The Hall–Kier alpha value is -2.06. The molecular formula is C18H14Cl3N3O3S. The Labute approximate surface area is 177 Å². The zero-order valence-corrected chi connectivity index (χ0v) is 17.6. The quantitative estimate of drug-likeness (QED) is 0.617. The van der Waals surface area contributed by atoms with Crippen molar-refractivity contribution < 1.29 is 13.2 Å². The van der Waals surface area contributed by atoms with Crippen LogP contribution in [0, 0.1) is 6.92 Å². The standard InChI is InChI=1S/C18H14Cl3N3O3S/c1-11-22-17(18(25)23-28(26,27)13-5-3-2-4-6-13)10-24(11)9-14-15(20)7-12(19)8-16(14)21/h2-8,10H,9H2,1H3,(H,23,25). The van der Waals surface area contributed by atoms with Crippen molar-refractivity contribution in [3.8, 4) is 0 Å². The highest BCUT2D eigenvalue weighted by Gasteiger charge is 2.21. The number of hydrogen-bond donors (Lipinski definition) is 1. The van der Waals surface area contributed by atoms with Gasteiger partial charge in [-0.15, -0.1) is 0 Å². The lowest BCUT2D eigenvalue weighted by Gasteiger charge is -2.10. The molecule has 0 atom stereocenters. The van der Waals surface area contributed by atoms with Crippen molar-refractivity contribution in [1.82, 2.24) is 14.3 Å². The maximum Gasteiger partial charge on any atom is 0.285 e. The third-order valence-corrected chi connectivity index (χ3v) is 6.16. The molecule has 3 rings (SSSR count). The molecule has 6 nitrogen and oxygen atoms in total. The monoisotopic (exact) mass is 457 g/mol. The molecule has 3 aromatic rings. The van der Waals surface area contributed by atoms with E-state index in [0.29, 0.717) is 26.5 Å². The number of imidazole rings is 1. The number of rotatable bonds is 5. The van der Waals surface area contributed by atoms with E-state index in [0.717, 1.165) is 0 Å². The first-order valence-corrected chi connectivity index (χ1v) is 10.6. The SMILES string of the molecule is Cc1nc(C(=O)NS(=O)(=O)c2ccccc2)cn1Cc1c(Cl)cc(Cl)cc1Cl. The van der Waals surface area contributed by atoms with Crippen molar-refractivity contribution in [3.05, 3.63) is 80.8 Å². The number of halogens is 3. The van der Waals surface area contributed by atoms with Crippen LogP contribution >= 0.6 is 34.8 Å². The van der Waals surface area contributed by atoms with Gasteiger partial charge < -0.3 is 4.57 Å². The largest absolute Gasteiger partial charge is 0.330 e. The summed E-state index contributed by atoms with van der Waals surface area (Å²) in [6.45, 7) is 1.92. The molecular weight excluding hydrogens is 445 g/mol. The lowest BCUT2D eigenvalue weighted by atomic mass is 10.2. The summed E-state index contributed by atoms with van der Waals surface area (Å²) in [7, 11) is -3.99. The van der Waals surface area contributed by atoms with Crippen LogP contribution in [0.3, 0.4) is 0 Å². The van der Waals surface area contributed by atoms with Gasteiger partial charge in [0, 0.05) is 26.8 Å². The first-order valence-electron chi connectivity index (χ1n) is 7.97. The Morgan fingerprint density at radius 1 is 1.11 bits per heavy atom. The topological polar surface area (TPSA) is 81.1 Å². The van der Waals surface area contributed by atoms with E-state index in [9.17, 15) is 13.2 Å². The molecule has 28 heavy (non-hydrogen) atoms. The summed E-state index contributed by atoms with van der Waals surface area (Å²) >= 11 is 18.3. The number of nitrogens with zero attached hydrogens (tertiary/aromatic N) is 2. The van der Waals surface area contributed by atoms with Crippen molar-refractivity contribution in [2.75, 3.05) is 0 Å². The van der Waals surface area contributed by atoms with Gasteiger partial charge in [-0.25, -0.2) is 18.1 Å². The van der Waals surface area contributed by atoms with E-state index in [1.54, 1.807) is 41.8 Å². The average Bonchev–Trinajstić information content (AvgIpc) is 2.99. The van der Waals surface area contributed by atoms with Gasteiger partial charge in [0.2, 0.25) is 0 Å². The zero-order valence-electron chi connectivity index (χ0n) is 14.5. The molecule has 0 radical (unpaired) electrons. The number of nitrogens with one attached hydrogen (secondary N) is 1. The van der Waals surface area contributed by atoms with Gasteiger partial charge in [-0.3, -0.25) is 4.79 Å². The second-order valence-corrected chi connectivity index (χ2v) is 8.83. The number of carbonyl (C=O) groups is 1. The van der Waals surface area contributed by atoms with Crippen LogP contribution in [-0.2, 0) is 16.6 Å². The van der Waals surface area contributed by atoms with Crippen LogP contribution in [0.2, 0.25) is 15.1 Å². The summed E-state index contributed by atoms with van der Waals surface area (Å²) in [6.07, 6.45) is 1.44. The predicted molar refractivity (Wildman–Crippen MR) is 109 cm³/mol. The van der Waals surface area contributed by atoms with E-state index in [1.165, 1.54) is 18.3 Å². The molecule has 0 unspecified atom stereocenters. The second kappa shape index (κ2) is 8.13. The first-order chi connectivity index (χ1) is 13.2. The fourth-order valence-electron chi connectivity index (χ4n) is 2.50. The minimum Gasteiger partial charge on any atom is -0.330 e. The molecule has 0 bridgehead atoms. The Kier molecular flexibility index (Phi) is 6.00. The maximum absolute atomic E-state index is 12.4. The molecule has 0 saturated carbocycles. The van der Waals surface area contributed by atoms with Gasteiger partial charge in [-0.2, -0.15) is 0 Å². The van der Waals surface area contributed by atoms with E-state index in [1.807, 2.05) is 4.72 Å². The van der Waals surface area contributed by atoms with Gasteiger partial charge in [0.1, 0.15) is 11.5 Å². The molecule has 0 saturated heterocycles. The number of sulfonamides is 1. The predicted octanol–water partition coefficient (Wildman–Crippen LogP) is 4.32. The number of carbonyl (C=O) groups excluding carboxylic acids is 1. The highest BCUT2D eigenvalue weighted by Crippen LogP contribution is 2.30. The van der Waals surface area contributed by atoms with E-state index in [2.05, 4.69) is 4.98 Å². The molecule has 0 spiro atoms. The Morgan fingerprint density at radius 2 is 1.71 bits per heavy atom. The van der Waals surface area contributed by atoms with E-state index in [4.69, 9.17) is 34.8 Å². The maximum atomic E-state index is 12.4. The van der Waals surface area contributed by atoms with Crippen molar-refractivity contribution in [2.24, 2.45) is 0 Å². The van der Waals surface area contributed by atoms with Crippen LogP contribution in [0.1, 0.15) is 21.9 Å².